The maximum absolute atomic E-state index is 6.05. The van der Waals surface area contributed by atoms with Crippen molar-refractivity contribution >= 4 is 33.3 Å². The number of nitrogens with zero attached hydrogens (tertiary/aromatic N) is 2. The third kappa shape index (κ3) is 2.85. The molecule has 2 aromatic heterocycles. The molecule has 0 atom stereocenters. The zero-order valence-electron chi connectivity index (χ0n) is 13.4. The van der Waals surface area contributed by atoms with E-state index in [9.17, 15) is 0 Å². The molecule has 0 saturated carbocycles. The summed E-state index contributed by atoms with van der Waals surface area (Å²) in [4.78, 5) is 9.48. The lowest BCUT2D eigenvalue weighted by atomic mass is 10.1. The van der Waals surface area contributed by atoms with Crippen LogP contribution in [0.4, 0.5) is 0 Å². The summed E-state index contributed by atoms with van der Waals surface area (Å²) in [5.74, 6) is 1.58. The van der Waals surface area contributed by atoms with Gasteiger partial charge in [-0.1, -0.05) is 48.5 Å². The van der Waals surface area contributed by atoms with Crippen LogP contribution in [0.2, 0.25) is 0 Å². The fourth-order valence-corrected chi connectivity index (χ4v) is 4.16. The van der Waals surface area contributed by atoms with Crippen molar-refractivity contribution in [2.24, 2.45) is 0 Å². The van der Waals surface area contributed by atoms with Crippen LogP contribution < -0.4 is 0 Å². The summed E-state index contributed by atoms with van der Waals surface area (Å²) >= 11 is 3.32. The lowest BCUT2D eigenvalue weighted by Crippen LogP contribution is -1.81. The van der Waals surface area contributed by atoms with Gasteiger partial charge in [0.25, 0.3) is 0 Å². The Labute approximate surface area is 148 Å². The minimum atomic E-state index is 0.653. The highest BCUT2D eigenvalue weighted by Crippen LogP contribution is 2.38. The number of rotatable bonds is 4. The molecule has 0 spiro atoms. The molecule has 0 N–H and O–H groups in total. The summed E-state index contributed by atoms with van der Waals surface area (Å²) in [6.45, 7) is 4.19. The monoisotopic (exact) mass is 352 g/mol. The van der Waals surface area contributed by atoms with Gasteiger partial charge in [0.2, 0.25) is 5.89 Å². The summed E-state index contributed by atoms with van der Waals surface area (Å²) in [5.41, 5.74) is 4.06. The summed E-state index contributed by atoms with van der Waals surface area (Å²) in [7, 11) is 0. The first-order valence-electron chi connectivity index (χ1n) is 7.81. The Kier molecular flexibility index (Phi) is 4.12. The van der Waals surface area contributed by atoms with Gasteiger partial charge in [0.1, 0.15) is 5.01 Å². The molecule has 0 amide bonds. The number of aryl methyl sites for hydroxylation is 1. The minimum absolute atomic E-state index is 0.653. The predicted octanol–water partition coefficient (Wildman–Crippen LogP) is 6.04. The second-order valence-electron chi connectivity index (χ2n) is 5.44. The topological polar surface area (TPSA) is 38.9 Å². The Morgan fingerprint density at radius 3 is 2.58 bits per heavy atom. The number of thioether (sulfide) groups is 1. The van der Waals surface area contributed by atoms with Gasteiger partial charge >= 0.3 is 0 Å². The molecule has 0 unspecified atom stereocenters. The van der Waals surface area contributed by atoms with Crippen LogP contribution >= 0.6 is 23.1 Å². The minimum Gasteiger partial charge on any atom is -0.429 e. The molecule has 4 rings (SSSR count). The van der Waals surface area contributed by atoms with Crippen LogP contribution in [0, 0.1) is 6.92 Å². The van der Waals surface area contributed by atoms with E-state index in [0.717, 1.165) is 32.6 Å². The molecular formula is C19H16N2OS2. The maximum atomic E-state index is 6.05. The van der Waals surface area contributed by atoms with E-state index >= 15 is 0 Å². The zero-order chi connectivity index (χ0) is 16.5. The highest BCUT2D eigenvalue weighted by molar-refractivity contribution is 7.99. The molecular weight excluding hydrogens is 336 g/mol. The SMILES string of the molecule is CCSc1oc(-c2ccc(C)cc2)nc1-c1nc2ccccc2s1. The van der Waals surface area contributed by atoms with E-state index < -0.39 is 0 Å². The third-order valence-electron chi connectivity index (χ3n) is 3.67. The molecule has 4 aromatic rings. The number of para-hydroxylation sites is 1. The van der Waals surface area contributed by atoms with Crippen molar-refractivity contribution in [1.29, 1.82) is 0 Å². The van der Waals surface area contributed by atoms with E-state index in [1.54, 1.807) is 23.1 Å². The summed E-state index contributed by atoms with van der Waals surface area (Å²) in [6.07, 6.45) is 0. The molecule has 0 bridgehead atoms. The average Bonchev–Trinajstić information content (AvgIpc) is 3.19. The van der Waals surface area contributed by atoms with E-state index in [1.165, 1.54) is 10.3 Å². The molecule has 5 heteroatoms. The molecule has 0 radical (unpaired) electrons. The van der Waals surface area contributed by atoms with Gasteiger partial charge in [-0.2, -0.15) is 0 Å². The lowest BCUT2D eigenvalue weighted by Gasteiger charge is -1.96. The maximum Gasteiger partial charge on any atom is 0.228 e. The largest absolute Gasteiger partial charge is 0.429 e. The zero-order valence-corrected chi connectivity index (χ0v) is 15.1. The molecule has 24 heavy (non-hydrogen) atoms. The first kappa shape index (κ1) is 15.4. The molecule has 120 valence electrons. The van der Waals surface area contributed by atoms with E-state index in [2.05, 4.69) is 32.0 Å². The van der Waals surface area contributed by atoms with Gasteiger partial charge in [-0.3, -0.25) is 0 Å². The fourth-order valence-electron chi connectivity index (χ4n) is 2.46. The summed E-state index contributed by atoms with van der Waals surface area (Å²) < 4.78 is 7.22. The lowest BCUT2D eigenvalue weighted by molar-refractivity contribution is 0.486. The van der Waals surface area contributed by atoms with E-state index in [-0.39, 0.29) is 0 Å². The van der Waals surface area contributed by atoms with Crippen molar-refractivity contribution in [3.05, 3.63) is 54.1 Å². The fraction of sp³-hybridized carbons (Fsp3) is 0.158. The molecule has 2 heterocycles. The molecule has 0 aliphatic heterocycles. The molecule has 0 saturated heterocycles. The van der Waals surface area contributed by atoms with Crippen LogP contribution in [0.1, 0.15) is 12.5 Å². The smallest absolute Gasteiger partial charge is 0.228 e. The molecule has 0 aliphatic rings. The Morgan fingerprint density at radius 2 is 1.83 bits per heavy atom. The quantitative estimate of drug-likeness (QED) is 0.420. The summed E-state index contributed by atoms with van der Waals surface area (Å²) in [6, 6.07) is 16.4. The van der Waals surface area contributed by atoms with Crippen molar-refractivity contribution in [3.8, 4) is 22.2 Å². The van der Waals surface area contributed by atoms with E-state index in [0.29, 0.717) is 5.89 Å². The normalized spacial score (nSPS) is 11.2. The number of aromatic nitrogens is 2. The molecule has 0 aliphatic carbocycles. The van der Waals surface area contributed by atoms with E-state index in [1.807, 2.05) is 30.3 Å². The van der Waals surface area contributed by atoms with Gasteiger partial charge in [-0.05, 0) is 36.9 Å². The van der Waals surface area contributed by atoms with Crippen molar-refractivity contribution in [1.82, 2.24) is 9.97 Å². The van der Waals surface area contributed by atoms with Gasteiger partial charge in [-0.25, -0.2) is 9.97 Å². The van der Waals surface area contributed by atoms with Crippen molar-refractivity contribution in [2.75, 3.05) is 5.75 Å². The summed E-state index contributed by atoms with van der Waals surface area (Å²) in [5, 5.41) is 1.75. The number of oxazole rings is 1. The predicted molar refractivity (Wildman–Crippen MR) is 102 cm³/mol. The number of hydrogen-bond acceptors (Lipinski definition) is 5. The second kappa shape index (κ2) is 6.42. The van der Waals surface area contributed by atoms with Gasteiger partial charge in [0.15, 0.2) is 10.8 Å². The standard InChI is InChI=1S/C19H16N2OS2/c1-3-23-19-16(18-20-14-6-4-5-7-15(14)24-18)21-17(22-19)13-10-8-12(2)9-11-13/h4-11H,3H2,1-2H3. The van der Waals surface area contributed by atoms with E-state index in [4.69, 9.17) is 14.4 Å². The Morgan fingerprint density at radius 1 is 1.04 bits per heavy atom. The number of thiazole rings is 1. The molecule has 0 fully saturated rings. The first-order chi connectivity index (χ1) is 11.7. The van der Waals surface area contributed by atoms with Crippen LogP contribution in [-0.4, -0.2) is 15.7 Å². The van der Waals surface area contributed by atoms with Gasteiger partial charge in [0, 0.05) is 5.56 Å². The van der Waals surface area contributed by atoms with Crippen molar-refractivity contribution < 1.29 is 4.42 Å². The Balaban J connectivity index is 1.82. The van der Waals surface area contributed by atoms with Crippen LogP contribution in [0.3, 0.4) is 0 Å². The Hall–Kier alpha value is -2.11. The van der Waals surface area contributed by atoms with Gasteiger partial charge in [0.05, 0.1) is 10.2 Å². The number of fused-ring (bicyclic) bond motifs is 1. The average molecular weight is 352 g/mol. The van der Waals surface area contributed by atoms with Crippen LogP contribution in [-0.2, 0) is 0 Å². The second-order valence-corrected chi connectivity index (χ2v) is 7.71. The van der Waals surface area contributed by atoms with Crippen molar-refractivity contribution in [3.63, 3.8) is 0 Å². The molecule has 3 nitrogen and oxygen atoms in total. The van der Waals surface area contributed by atoms with Crippen LogP contribution in [0.25, 0.3) is 32.4 Å². The highest BCUT2D eigenvalue weighted by atomic mass is 32.2. The van der Waals surface area contributed by atoms with Gasteiger partial charge in [-0.15, -0.1) is 11.3 Å². The van der Waals surface area contributed by atoms with Crippen LogP contribution in [0.15, 0.2) is 58.0 Å². The molecule has 2 aromatic carbocycles. The van der Waals surface area contributed by atoms with Gasteiger partial charge < -0.3 is 4.42 Å². The highest BCUT2D eigenvalue weighted by Gasteiger charge is 2.19. The Bertz CT molecular complexity index is 953. The number of benzene rings is 2. The van der Waals surface area contributed by atoms with Crippen LogP contribution in [0.5, 0.6) is 0 Å². The first-order valence-corrected chi connectivity index (χ1v) is 9.61. The number of hydrogen-bond donors (Lipinski definition) is 0. The third-order valence-corrected chi connectivity index (χ3v) is 5.54. The van der Waals surface area contributed by atoms with Crippen molar-refractivity contribution in [2.45, 2.75) is 18.9 Å².